The molecule has 7 heteroatoms. The van der Waals surface area contributed by atoms with E-state index in [2.05, 4.69) is 128 Å². The smallest absolute Gasteiger partial charge is 0.335 e. The van der Waals surface area contributed by atoms with Crippen LogP contribution in [0, 0.1) is 11.8 Å². The summed E-state index contributed by atoms with van der Waals surface area (Å²) < 4.78 is 13.0. The lowest BCUT2D eigenvalue weighted by Gasteiger charge is -2.51. The molecule has 284 valence electrons. The molecule has 1 N–H and O–H groups in total. The predicted octanol–water partition coefficient (Wildman–Crippen LogP) is 9.12. The van der Waals surface area contributed by atoms with Crippen molar-refractivity contribution < 1.29 is 24.2 Å². The third-order valence-electron chi connectivity index (χ3n) is 12.7. The molecule has 6 atom stereocenters. The molecule has 0 aromatic heterocycles. The van der Waals surface area contributed by atoms with Crippen LogP contribution >= 0.6 is 0 Å². The minimum absolute atomic E-state index is 0.204. The van der Waals surface area contributed by atoms with Crippen LogP contribution in [0.5, 0.6) is 5.75 Å². The number of ether oxygens (including phenoxy) is 2. The van der Waals surface area contributed by atoms with Crippen LogP contribution in [0.2, 0.25) is 0 Å². The Bertz CT molecular complexity index is 1380. The normalized spacial score (nSPS) is 28.2. The molecule has 2 aliphatic rings. The fourth-order valence-electron chi connectivity index (χ4n) is 7.87. The first-order chi connectivity index (χ1) is 22.8. The molecule has 0 bridgehead atoms. The second-order valence-corrected chi connectivity index (χ2v) is 19.0. The monoisotopic (exact) mass is 697 g/mol. The topological polar surface area (TPSA) is 79.3 Å². The van der Waals surface area contributed by atoms with Gasteiger partial charge in [-0.05, 0) is 121 Å². The van der Waals surface area contributed by atoms with Gasteiger partial charge in [-0.3, -0.25) is 9.80 Å². The zero-order valence-electron chi connectivity index (χ0n) is 34.8. The van der Waals surface area contributed by atoms with Crippen LogP contribution in [-0.2, 0) is 36.3 Å². The molecule has 6 unspecified atom stereocenters. The maximum atomic E-state index is 14.7. The largest absolute Gasteiger partial charge is 0.507 e. The molecule has 1 aromatic carbocycles. The number of benzene rings is 1. The first kappa shape index (κ1) is 42.0. The molecule has 2 heterocycles. The summed E-state index contributed by atoms with van der Waals surface area (Å²) in [7, 11) is 4.21. The van der Waals surface area contributed by atoms with E-state index in [4.69, 9.17) is 9.47 Å². The molecular formula is C43H72N2O5. The molecule has 0 saturated carbocycles. The van der Waals surface area contributed by atoms with Crippen molar-refractivity contribution in [3.8, 4) is 5.75 Å². The maximum absolute atomic E-state index is 14.7. The van der Waals surface area contributed by atoms with Crippen molar-refractivity contribution >= 4 is 11.9 Å². The Morgan fingerprint density at radius 2 is 1.14 bits per heavy atom. The number of aromatic hydroxyl groups is 1. The van der Waals surface area contributed by atoms with E-state index in [-0.39, 0.29) is 40.7 Å². The Hall–Kier alpha value is -2.38. The van der Waals surface area contributed by atoms with Crippen molar-refractivity contribution in [1.29, 1.82) is 0 Å². The van der Waals surface area contributed by atoms with E-state index in [1.54, 1.807) is 0 Å². The number of piperidine rings is 2. The van der Waals surface area contributed by atoms with E-state index < -0.39 is 17.5 Å². The van der Waals surface area contributed by atoms with Gasteiger partial charge in [-0.2, -0.15) is 0 Å². The highest BCUT2D eigenvalue weighted by Gasteiger charge is 2.47. The van der Waals surface area contributed by atoms with Crippen LogP contribution in [0.1, 0.15) is 153 Å². The highest BCUT2D eigenvalue weighted by atomic mass is 16.6. The average molecular weight is 697 g/mol. The van der Waals surface area contributed by atoms with Crippen molar-refractivity contribution in [2.75, 3.05) is 14.1 Å². The number of likely N-dealkylation sites (N-methyl/N-ethyl adjacent to an activating group) is 2. The minimum atomic E-state index is -0.453. The van der Waals surface area contributed by atoms with Gasteiger partial charge in [0.1, 0.15) is 18.0 Å². The molecule has 50 heavy (non-hydrogen) atoms. The molecule has 0 spiro atoms. The van der Waals surface area contributed by atoms with Gasteiger partial charge in [0.2, 0.25) is 0 Å². The summed E-state index contributed by atoms with van der Waals surface area (Å²) in [6.07, 6.45) is 3.04. The van der Waals surface area contributed by atoms with Crippen LogP contribution in [0.15, 0.2) is 23.3 Å². The van der Waals surface area contributed by atoms with Crippen LogP contribution in [0.3, 0.4) is 0 Å². The van der Waals surface area contributed by atoms with Crippen molar-refractivity contribution in [2.24, 2.45) is 11.8 Å². The van der Waals surface area contributed by atoms with Gasteiger partial charge < -0.3 is 14.6 Å². The number of rotatable bonds is 9. The lowest BCUT2D eigenvalue weighted by atomic mass is 9.77. The Kier molecular flexibility index (Phi) is 12.9. The van der Waals surface area contributed by atoms with Gasteiger partial charge in [0, 0.05) is 24.1 Å². The van der Waals surface area contributed by atoms with Gasteiger partial charge in [0.25, 0.3) is 0 Å². The van der Waals surface area contributed by atoms with Crippen LogP contribution in [-0.4, -0.2) is 76.3 Å². The van der Waals surface area contributed by atoms with Gasteiger partial charge in [-0.1, -0.05) is 80.9 Å². The van der Waals surface area contributed by atoms with Crippen molar-refractivity contribution in [1.82, 2.24) is 9.80 Å². The van der Waals surface area contributed by atoms with Gasteiger partial charge >= 0.3 is 11.9 Å². The predicted molar refractivity (Wildman–Crippen MR) is 206 cm³/mol. The zero-order valence-corrected chi connectivity index (χ0v) is 34.8. The van der Waals surface area contributed by atoms with Gasteiger partial charge in [-0.15, -0.1) is 0 Å². The van der Waals surface area contributed by atoms with E-state index in [1.165, 1.54) is 0 Å². The quantitative estimate of drug-likeness (QED) is 0.204. The van der Waals surface area contributed by atoms with Crippen LogP contribution in [0.25, 0.3) is 0 Å². The Morgan fingerprint density at radius 3 is 1.50 bits per heavy atom. The lowest BCUT2D eigenvalue weighted by molar-refractivity contribution is -0.164. The first-order valence-corrected chi connectivity index (χ1v) is 19.2. The number of phenols is 1. The average Bonchev–Trinajstić information content (AvgIpc) is 2.99. The maximum Gasteiger partial charge on any atom is 0.335 e. The fraction of sp³-hybridized carbons (Fsp3) is 0.767. The SMILES string of the molecule is CCCCC(C(=O)OC1CC(C)C(C)N(C)C1(C)C)=C(Cc1cc(C(C)(C)C)c(O)c(C(C)(C)C)c1)C(=O)OC1CC(C)C(C)N(C)C1(C)C. The number of carbonyl (C=O) groups is 2. The molecule has 0 aliphatic carbocycles. The van der Waals surface area contributed by atoms with Crippen molar-refractivity contribution in [3.63, 3.8) is 0 Å². The number of carbonyl (C=O) groups excluding carboxylic acids is 2. The first-order valence-electron chi connectivity index (χ1n) is 19.2. The number of phenolic OH excluding ortho intramolecular Hbond substituents is 1. The van der Waals surface area contributed by atoms with Crippen molar-refractivity contribution in [2.45, 2.75) is 189 Å². The van der Waals surface area contributed by atoms with Gasteiger partial charge in [0.15, 0.2) is 0 Å². The summed E-state index contributed by atoms with van der Waals surface area (Å²) in [6, 6.07) is 4.71. The molecular weight excluding hydrogens is 624 g/mol. The number of unbranched alkanes of at least 4 members (excludes halogenated alkanes) is 1. The molecule has 0 amide bonds. The summed E-state index contributed by atoms with van der Waals surface area (Å²) in [5, 5.41) is 11.5. The molecule has 1 aromatic rings. The van der Waals surface area contributed by atoms with Gasteiger partial charge in [0.05, 0.1) is 16.7 Å². The second kappa shape index (κ2) is 15.3. The highest BCUT2D eigenvalue weighted by molar-refractivity contribution is 6.01. The number of hydrogen-bond donors (Lipinski definition) is 1. The molecule has 3 rings (SSSR count). The van der Waals surface area contributed by atoms with Crippen LogP contribution in [0.4, 0.5) is 0 Å². The van der Waals surface area contributed by atoms with E-state index in [1.807, 2.05) is 12.1 Å². The second-order valence-electron chi connectivity index (χ2n) is 19.0. The zero-order chi connectivity index (χ0) is 38.3. The van der Waals surface area contributed by atoms with E-state index in [0.717, 1.165) is 42.4 Å². The number of hydrogen-bond acceptors (Lipinski definition) is 7. The summed E-state index contributed by atoms with van der Waals surface area (Å²) in [5.74, 6) is 0.0856. The Balaban J connectivity index is 2.23. The summed E-state index contributed by atoms with van der Waals surface area (Å²) >= 11 is 0. The summed E-state index contributed by atoms with van der Waals surface area (Å²) in [6.45, 7) is 32.0. The molecule has 2 saturated heterocycles. The van der Waals surface area contributed by atoms with E-state index in [9.17, 15) is 14.7 Å². The Labute approximate surface area is 305 Å². The number of nitrogens with zero attached hydrogens (tertiary/aromatic N) is 2. The van der Waals surface area contributed by atoms with Crippen LogP contribution < -0.4 is 0 Å². The van der Waals surface area contributed by atoms with E-state index >= 15 is 0 Å². The summed E-state index contributed by atoms with van der Waals surface area (Å²) in [4.78, 5) is 33.9. The molecule has 7 nitrogen and oxygen atoms in total. The minimum Gasteiger partial charge on any atom is -0.507 e. The lowest BCUT2D eigenvalue weighted by Crippen LogP contribution is -2.61. The van der Waals surface area contributed by atoms with Crippen molar-refractivity contribution in [3.05, 3.63) is 40.0 Å². The molecule has 2 fully saturated rings. The fourth-order valence-corrected chi connectivity index (χ4v) is 7.87. The highest BCUT2D eigenvalue weighted by Crippen LogP contribution is 2.42. The third-order valence-corrected chi connectivity index (χ3v) is 12.7. The number of likely N-dealkylation sites (tertiary alicyclic amines) is 2. The number of esters is 2. The molecule has 2 aliphatic heterocycles. The Morgan fingerprint density at radius 1 is 0.760 bits per heavy atom. The van der Waals surface area contributed by atoms with E-state index in [0.29, 0.717) is 41.5 Å². The standard InChI is InChI=1S/C43H72N2O5/c1-18-19-20-31(38(47)49-35-21-26(2)28(4)44(16)42(35,12)13)32(39(48)50-36-22-27(3)29(5)45(17)43(36,14)15)23-30-24-33(40(6,7)8)37(46)34(25-30)41(9,10)11/h24-29,35-36,46H,18-23H2,1-17H3. The third kappa shape index (κ3) is 8.80. The molecule has 0 radical (unpaired) electrons. The summed E-state index contributed by atoms with van der Waals surface area (Å²) in [5.41, 5.74) is 1.83. The van der Waals surface area contributed by atoms with Gasteiger partial charge in [-0.25, -0.2) is 9.59 Å².